The number of fused-ring (bicyclic) bond motifs is 1. The van der Waals surface area contributed by atoms with Crippen molar-refractivity contribution in [2.75, 3.05) is 28.4 Å². The van der Waals surface area contributed by atoms with Crippen LogP contribution >= 0.6 is 0 Å². The molecule has 0 saturated carbocycles. The molecule has 0 spiro atoms. The van der Waals surface area contributed by atoms with E-state index in [1.54, 1.807) is 40.6 Å². The van der Waals surface area contributed by atoms with Gasteiger partial charge in [-0.15, -0.1) is 0 Å². The van der Waals surface area contributed by atoms with E-state index in [4.69, 9.17) is 23.4 Å². The first-order valence-corrected chi connectivity index (χ1v) is 9.60. The quantitative estimate of drug-likeness (QED) is 0.363. The van der Waals surface area contributed by atoms with Gasteiger partial charge in [-0.2, -0.15) is 0 Å². The molecule has 0 bridgehead atoms. The van der Waals surface area contributed by atoms with Crippen LogP contribution in [0, 0.1) is 0 Å². The minimum atomic E-state index is 0.501. The third-order valence-electron chi connectivity index (χ3n) is 5.15. The monoisotopic (exact) mass is 418 g/mol. The number of hydrogen-bond donors (Lipinski definition) is 0. The lowest BCUT2D eigenvalue weighted by atomic mass is 9.97. The fourth-order valence-corrected chi connectivity index (χ4v) is 3.65. The van der Waals surface area contributed by atoms with Gasteiger partial charge < -0.3 is 23.4 Å². The highest BCUT2D eigenvalue weighted by Crippen LogP contribution is 2.47. The molecule has 1 aromatic heterocycles. The van der Waals surface area contributed by atoms with Gasteiger partial charge in [0.15, 0.2) is 11.5 Å². The normalized spacial score (nSPS) is 10.7. The van der Waals surface area contributed by atoms with Crippen LogP contribution in [0.1, 0.15) is 10.4 Å². The third-order valence-corrected chi connectivity index (χ3v) is 5.15. The Morgan fingerprint density at radius 1 is 0.742 bits per heavy atom. The molecular weight excluding hydrogens is 396 g/mol. The van der Waals surface area contributed by atoms with E-state index in [9.17, 15) is 4.79 Å². The second-order valence-corrected chi connectivity index (χ2v) is 6.82. The molecule has 6 heteroatoms. The Labute approximate surface area is 179 Å². The summed E-state index contributed by atoms with van der Waals surface area (Å²) in [5, 5.41) is 0.810. The predicted molar refractivity (Wildman–Crippen MR) is 119 cm³/mol. The first kappa shape index (κ1) is 20.3. The summed E-state index contributed by atoms with van der Waals surface area (Å²) in [4.78, 5) is 11.4. The molecule has 0 N–H and O–H groups in total. The summed E-state index contributed by atoms with van der Waals surface area (Å²) in [6, 6.07) is 16.7. The lowest BCUT2D eigenvalue weighted by Gasteiger charge is -2.14. The summed E-state index contributed by atoms with van der Waals surface area (Å²) in [5.74, 6) is 2.96. The van der Waals surface area contributed by atoms with Gasteiger partial charge in [-0.25, -0.2) is 0 Å². The van der Waals surface area contributed by atoms with E-state index in [0.717, 1.165) is 34.1 Å². The van der Waals surface area contributed by atoms with Crippen LogP contribution in [-0.2, 0) is 0 Å². The molecule has 0 aliphatic heterocycles. The van der Waals surface area contributed by atoms with Crippen molar-refractivity contribution in [1.82, 2.24) is 0 Å². The van der Waals surface area contributed by atoms with E-state index in [2.05, 4.69) is 0 Å². The molecule has 0 aliphatic carbocycles. The summed E-state index contributed by atoms with van der Waals surface area (Å²) in [6.45, 7) is 0. The Kier molecular flexibility index (Phi) is 5.54. The van der Waals surface area contributed by atoms with Crippen molar-refractivity contribution in [3.8, 4) is 45.4 Å². The van der Waals surface area contributed by atoms with Gasteiger partial charge in [-0.1, -0.05) is 0 Å². The second kappa shape index (κ2) is 8.44. The zero-order chi connectivity index (χ0) is 22.0. The number of ether oxygens (including phenoxy) is 4. The number of furan rings is 1. The number of rotatable bonds is 7. The van der Waals surface area contributed by atoms with Gasteiger partial charge >= 0.3 is 0 Å². The van der Waals surface area contributed by atoms with Crippen LogP contribution < -0.4 is 18.9 Å². The molecule has 0 radical (unpaired) electrons. The molecule has 0 atom stereocenters. The van der Waals surface area contributed by atoms with E-state index in [1.165, 1.54) is 0 Å². The molecule has 0 unspecified atom stereocenters. The molecule has 0 aliphatic rings. The zero-order valence-corrected chi connectivity index (χ0v) is 17.7. The Morgan fingerprint density at radius 3 is 1.97 bits per heavy atom. The summed E-state index contributed by atoms with van der Waals surface area (Å²) >= 11 is 0. The van der Waals surface area contributed by atoms with Crippen molar-refractivity contribution in [1.29, 1.82) is 0 Å². The second-order valence-electron chi connectivity index (χ2n) is 6.82. The van der Waals surface area contributed by atoms with Gasteiger partial charge in [-0.05, 0) is 60.2 Å². The summed E-state index contributed by atoms with van der Waals surface area (Å²) < 4.78 is 28.1. The lowest BCUT2D eigenvalue weighted by Crippen LogP contribution is -1.96. The van der Waals surface area contributed by atoms with Gasteiger partial charge in [-0.3, -0.25) is 4.79 Å². The van der Waals surface area contributed by atoms with Crippen LogP contribution in [-0.4, -0.2) is 34.7 Å². The standard InChI is InChI=1S/C25H22O6/c1-27-18-8-6-16(7-9-18)24-23(19-11-15(14-26)5-10-20(19)31-24)17-12-21(28-2)25(30-4)22(13-17)29-3/h5-14H,1-4H3. The van der Waals surface area contributed by atoms with Crippen LogP contribution in [0.2, 0.25) is 0 Å². The van der Waals surface area contributed by atoms with E-state index in [0.29, 0.717) is 34.2 Å². The van der Waals surface area contributed by atoms with Gasteiger partial charge in [0.25, 0.3) is 0 Å². The summed E-state index contributed by atoms with van der Waals surface area (Å²) in [7, 11) is 6.33. The summed E-state index contributed by atoms with van der Waals surface area (Å²) in [5.41, 5.74) is 3.72. The number of benzene rings is 3. The summed E-state index contributed by atoms with van der Waals surface area (Å²) in [6.07, 6.45) is 0.818. The molecule has 0 saturated heterocycles. The molecule has 4 rings (SSSR count). The Morgan fingerprint density at radius 2 is 1.42 bits per heavy atom. The number of hydrogen-bond acceptors (Lipinski definition) is 6. The number of methoxy groups -OCH3 is 4. The first-order chi connectivity index (χ1) is 15.1. The maximum atomic E-state index is 11.4. The predicted octanol–water partition coefficient (Wildman–Crippen LogP) is 5.61. The SMILES string of the molecule is COc1ccc(-c2oc3ccc(C=O)cc3c2-c2cc(OC)c(OC)c(OC)c2)cc1. The zero-order valence-electron chi connectivity index (χ0n) is 17.7. The van der Waals surface area contributed by atoms with Crippen molar-refractivity contribution < 1.29 is 28.2 Å². The largest absolute Gasteiger partial charge is 0.497 e. The van der Waals surface area contributed by atoms with Crippen LogP contribution in [0.25, 0.3) is 33.4 Å². The van der Waals surface area contributed by atoms with Crippen LogP contribution in [0.4, 0.5) is 0 Å². The molecule has 0 fully saturated rings. The van der Waals surface area contributed by atoms with E-state index in [-0.39, 0.29) is 0 Å². The molecule has 31 heavy (non-hydrogen) atoms. The van der Waals surface area contributed by atoms with E-state index in [1.807, 2.05) is 42.5 Å². The topological polar surface area (TPSA) is 67.1 Å². The van der Waals surface area contributed by atoms with Crippen molar-refractivity contribution in [2.45, 2.75) is 0 Å². The Balaban J connectivity index is 2.04. The lowest BCUT2D eigenvalue weighted by molar-refractivity contribution is 0.112. The maximum Gasteiger partial charge on any atom is 0.203 e. The van der Waals surface area contributed by atoms with Crippen LogP contribution in [0.5, 0.6) is 23.0 Å². The van der Waals surface area contributed by atoms with Crippen LogP contribution in [0.3, 0.4) is 0 Å². The minimum Gasteiger partial charge on any atom is -0.497 e. The van der Waals surface area contributed by atoms with Crippen molar-refractivity contribution in [3.63, 3.8) is 0 Å². The Bertz CT molecular complexity index is 1210. The van der Waals surface area contributed by atoms with Gasteiger partial charge in [0.05, 0.1) is 28.4 Å². The molecule has 158 valence electrons. The average molecular weight is 418 g/mol. The molecule has 6 nitrogen and oxygen atoms in total. The van der Waals surface area contributed by atoms with Crippen molar-refractivity contribution in [3.05, 3.63) is 60.2 Å². The molecule has 0 amide bonds. The van der Waals surface area contributed by atoms with Crippen molar-refractivity contribution >= 4 is 17.3 Å². The van der Waals surface area contributed by atoms with E-state index >= 15 is 0 Å². The fourth-order valence-electron chi connectivity index (χ4n) is 3.65. The van der Waals surface area contributed by atoms with E-state index < -0.39 is 0 Å². The molecular formula is C25H22O6. The highest BCUT2D eigenvalue weighted by Gasteiger charge is 2.22. The van der Waals surface area contributed by atoms with Gasteiger partial charge in [0.2, 0.25) is 5.75 Å². The molecule has 1 heterocycles. The van der Waals surface area contributed by atoms with Gasteiger partial charge in [0, 0.05) is 22.1 Å². The van der Waals surface area contributed by atoms with Crippen LogP contribution in [0.15, 0.2) is 59.0 Å². The third kappa shape index (κ3) is 3.57. The highest BCUT2D eigenvalue weighted by atomic mass is 16.5. The maximum absolute atomic E-state index is 11.4. The average Bonchev–Trinajstić information content (AvgIpc) is 3.21. The number of aldehydes is 1. The van der Waals surface area contributed by atoms with Crippen molar-refractivity contribution in [2.24, 2.45) is 0 Å². The van der Waals surface area contributed by atoms with Gasteiger partial charge in [0.1, 0.15) is 23.4 Å². The number of carbonyl (C=O) groups excluding carboxylic acids is 1. The smallest absolute Gasteiger partial charge is 0.203 e. The Hall–Kier alpha value is -3.93. The molecule has 3 aromatic carbocycles. The minimum absolute atomic E-state index is 0.501. The fraction of sp³-hybridized carbons (Fsp3) is 0.160. The first-order valence-electron chi connectivity index (χ1n) is 9.60. The highest BCUT2D eigenvalue weighted by molar-refractivity contribution is 6.04. The number of carbonyl (C=O) groups is 1. The molecule has 4 aromatic rings.